The lowest BCUT2D eigenvalue weighted by atomic mass is 9.75. The maximum Gasteiger partial charge on any atom is 0.222 e. The molecule has 0 aliphatic carbocycles. The number of rotatable bonds is 3. The summed E-state index contributed by atoms with van der Waals surface area (Å²) in [4.78, 5) is 13.9. The molecule has 0 atom stereocenters. The van der Waals surface area contributed by atoms with Crippen LogP contribution >= 0.6 is 0 Å². The molecule has 1 rings (SSSR count). The standard InChI is InChI=1S/C14H27NO/c1-5-6-7-13(16)15-10-8-12(9-11-15)14(2,3)4/h12H,5-11H2,1-4H3. The van der Waals surface area contributed by atoms with E-state index in [2.05, 4.69) is 32.6 Å². The van der Waals surface area contributed by atoms with Crippen molar-refractivity contribution in [2.45, 2.75) is 59.8 Å². The molecule has 0 aromatic carbocycles. The molecular weight excluding hydrogens is 198 g/mol. The van der Waals surface area contributed by atoms with Gasteiger partial charge in [0.1, 0.15) is 0 Å². The molecule has 0 N–H and O–H groups in total. The molecule has 0 radical (unpaired) electrons. The summed E-state index contributed by atoms with van der Waals surface area (Å²) in [6.45, 7) is 11.0. The number of nitrogens with zero attached hydrogens (tertiary/aromatic N) is 1. The molecule has 2 heteroatoms. The zero-order chi connectivity index (χ0) is 12.2. The van der Waals surface area contributed by atoms with E-state index in [1.54, 1.807) is 0 Å². The monoisotopic (exact) mass is 225 g/mol. The predicted octanol–water partition coefficient (Wildman–Crippen LogP) is 3.46. The van der Waals surface area contributed by atoms with Gasteiger partial charge in [-0.1, -0.05) is 34.1 Å². The van der Waals surface area contributed by atoms with Gasteiger partial charge in [-0.2, -0.15) is 0 Å². The third-order valence-corrected chi connectivity index (χ3v) is 3.82. The highest BCUT2D eigenvalue weighted by Gasteiger charge is 2.29. The first kappa shape index (κ1) is 13.5. The van der Waals surface area contributed by atoms with Gasteiger partial charge in [0, 0.05) is 19.5 Å². The van der Waals surface area contributed by atoms with E-state index in [9.17, 15) is 4.79 Å². The van der Waals surface area contributed by atoms with Gasteiger partial charge >= 0.3 is 0 Å². The van der Waals surface area contributed by atoms with Crippen LogP contribution in [0.5, 0.6) is 0 Å². The van der Waals surface area contributed by atoms with E-state index >= 15 is 0 Å². The van der Waals surface area contributed by atoms with Crippen molar-refractivity contribution in [2.75, 3.05) is 13.1 Å². The van der Waals surface area contributed by atoms with Crippen LogP contribution in [0.25, 0.3) is 0 Å². The summed E-state index contributed by atoms with van der Waals surface area (Å²) in [7, 11) is 0. The SMILES string of the molecule is CCCCC(=O)N1CCC(C(C)(C)C)CC1. The highest BCUT2D eigenvalue weighted by molar-refractivity contribution is 5.76. The van der Waals surface area contributed by atoms with Crippen LogP contribution in [0.3, 0.4) is 0 Å². The van der Waals surface area contributed by atoms with E-state index in [0.717, 1.165) is 38.3 Å². The number of amides is 1. The fourth-order valence-corrected chi connectivity index (χ4v) is 2.48. The topological polar surface area (TPSA) is 20.3 Å². The quantitative estimate of drug-likeness (QED) is 0.720. The van der Waals surface area contributed by atoms with E-state index < -0.39 is 0 Å². The lowest BCUT2D eigenvalue weighted by Crippen LogP contribution is -2.41. The first-order valence-electron chi connectivity index (χ1n) is 6.73. The summed E-state index contributed by atoms with van der Waals surface area (Å²) >= 11 is 0. The Bertz CT molecular complexity index is 221. The smallest absolute Gasteiger partial charge is 0.222 e. The zero-order valence-corrected chi connectivity index (χ0v) is 11.4. The van der Waals surface area contributed by atoms with Crippen molar-refractivity contribution in [2.24, 2.45) is 11.3 Å². The first-order chi connectivity index (χ1) is 7.45. The fraction of sp³-hybridized carbons (Fsp3) is 0.929. The van der Waals surface area contributed by atoms with Gasteiger partial charge in [0.25, 0.3) is 0 Å². The Labute approximate surface area is 100 Å². The van der Waals surface area contributed by atoms with Gasteiger partial charge in [-0.3, -0.25) is 4.79 Å². The predicted molar refractivity (Wildman–Crippen MR) is 68.3 cm³/mol. The maximum absolute atomic E-state index is 11.8. The molecule has 0 aromatic rings. The Morgan fingerprint density at radius 3 is 2.25 bits per heavy atom. The first-order valence-corrected chi connectivity index (χ1v) is 6.73. The molecule has 16 heavy (non-hydrogen) atoms. The van der Waals surface area contributed by atoms with Crippen LogP contribution in [0, 0.1) is 11.3 Å². The Balaban J connectivity index is 2.34. The van der Waals surface area contributed by atoms with Crippen LogP contribution in [0.2, 0.25) is 0 Å². The number of unbranched alkanes of at least 4 members (excludes halogenated alkanes) is 1. The number of likely N-dealkylation sites (tertiary alicyclic amines) is 1. The van der Waals surface area contributed by atoms with E-state index in [1.807, 2.05) is 0 Å². The highest BCUT2D eigenvalue weighted by Crippen LogP contribution is 2.34. The molecule has 0 saturated carbocycles. The summed E-state index contributed by atoms with van der Waals surface area (Å²) in [5, 5.41) is 0. The van der Waals surface area contributed by atoms with Gasteiger partial charge in [-0.15, -0.1) is 0 Å². The van der Waals surface area contributed by atoms with E-state index in [1.165, 1.54) is 12.8 Å². The second-order valence-electron chi connectivity index (χ2n) is 6.12. The second kappa shape index (κ2) is 5.70. The largest absolute Gasteiger partial charge is 0.343 e. The van der Waals surface area contributed by atoms with Crippen LogP contribution in [0.4, 0.5) is 0 Å². The van der Waals surface area contributed by atoms with E-state index in [-0.39, 0.29) is 0 Å². The summed E-state index contributed by atoms with van der Waals surface area (Å²) in [6, 6.07) is 0. The molecule has 1 heterocycles. The molecular formula is C14H27NO. The van der Waals surface area contributed by atoms with Crippen molar-refractivity contribution >= 4 is 5.91 Å². The number of carbonyl (C=O) groups excluding carboxylic acids is 1. The van der Waals surface area contributed by atoms with Crippen molar-refractivity contribution in [3.05, 3.63) is 0 Å². The molecule has 0 spiro atoms. The summed E-state index contributed by atoms with van der Waals surface area (Å²) < 4.78 is 0. The van der Waals surface area contributed by atoms with Gasteiger partial charge in [0.05, 0.1) is 0 Å². The summed E-state index contributed by atoms with van der Waals surface area (Å²) in [5.74, 6) is 1.15. The Hall–Kier alpha value is -0.530. The molecule has 0 bridgehead atoms. The number of carbonyl (C=O) groups is 1. The van der Waals surface area contributed by atoms with Crippen LogP contribution in [0.15, 0.2) is 0 Å². The van der Waals surface area contributed by atoms with Crippen molar-refractivity contribution < 1.29 is 4.79 Å². The summed E-state index contributed by atoms with van der Waals surface area (Å²) in [6.07, 6.45) is 5.27. The second-order valence-corrected chi connectivity index (χ2v) is 6.12. The average molecular weight is 225 g/mol. The van der Waals surface area contributed by atoms with Gasteiger partial charge in [0.2, 0.25) is 5.91 Å². The third-order valence-electron chi connectivity index (χ3n) is 3.82. The van der Waals surface area contributed by atoms with Gasteiger partial charge < -0.3 is 4.90 Å². The van der Waals surface area contributed by atoms with Crippen molar-refractivity contribution in [3.63, 3.8) is 0 Å². The molecule has 0 unspecified atom stereocenters. The maximum atomic E-state index is 11.8. The zero-order valence-electron chi connectivity index (χ0n) is 11.4. The molecule has 94 valence electrons. The van der Waals surface area contributed by atoms with Crippen molar-refractivity contribution in [1.29, 1.82) is 0 Å². The fourth-order valence-electron chi connectivity index (χ4n) is 2.48. The van der Waals surface area contributed by atoms with Crippen LogP contribution in [-0.2, 0) is 4.79 Å². The van der Waals surface area contributed by atoms with E-state index in [4.69, 9.17) is 0 Å². The summed E-state index contributed by atoms with van der Waals surface area (Å²) in [5.41, 5.74) is 0.401. The highest BCUT2D eigenvalue weighted by atomic mass is 16.2. The van der Waals surface area contributed by atoms with Crippen LogP contribution in [-0.4, -0.2) is 23.9 Å². The number of hydrogen-bond acceptors (Lipinski definition) is 1. The van der Waals surface area contributed by atoms with Gasteiger partial charge in [0.15, 0.2) is 0 Å². The minimum absolute atomic E-state index is 0.370. The van der Waals surface area contributed by atoms with Gasteiger partial charge in [-0.05, 0) is 30.6 Å². The molecule has 1 aliphatic rings. The molecule has 1 saturated heterocycles. The van der Waals surface area contributed by atoms with Crippen LogP contribution < -0.4 is 0 Å². The Kier molecular flexibility index (Phi) is 4.82. The molecule has 1 amide bonds. The third kappa shape index (κ3) is 3.80. The number of piperidine rings is 1. The van der Waals surface area contributed by atoms with Gasteiger partial charge in [-0.25, -0.2) is 0 Å². The lowest BCUT2D eigenvalue weighted by molar-refractivity contribution is -0.133. The van der Waals surface area contributed by atoms with Crippen molar-refractivity contribution in [1.82, 2.24) is 4.90 Å². The molecule has 1 fully saturated rings. The minimum atomic E-state index is 0.370. The molecule has 0 aromatic heterocycles. The number of hydrogen-bond donors (Lipinski definition) is 0. The lowest BCUT2D eigenvalue weighted by Gasteiger charge is -2.38. The van der Waals surface area contributed by atoms with Crippen molar-refractivity contribution in [3.8, 4) is 0 Å². The Morgan fingerprint density at radius 2 is 1.81 bits per heavy atom. The normalized spacial score (nSPS) is 18.9. The Morgan fingerprint density at radius 1 is 1.25 bits per heavy atom. The minimum Gasteiger partial charge on any atom is -0.343 e. The average Bonchev–Trinajstić information content (AvgIpc) is 2.25. The molecule has 1 aliphatic heterocycles. The van der Waals surface area contributed by atoms with E-state index in [0.29, 0.717) is 11.3 Å². The van der Waals surface area contributed by atoms with Crippen LogP contribution in [0.1, 0.15) is 59.8 Å². The molecule has 2 nitrogen and oxygen atoms in total.